The summed E-state index contributed by atoms with van der Waals surface area (Å²) in [6.45, 7) is 3.16. The fourth-order valence-corrected chi connectivity index (χ4v) is 6.58. The van der Waals surface area contributed by atoms with Crippen LogP contribution in [0, 0.1) is 5.92 Å². The molecule has 0 radical (unpaired) electrons. The molecule has 2 aliphatic heterocycles. The maximum absolute atomic E-state index is 13.4. The molecule has 49 heavy (non-hydrogen) atoms. The SMILES string of the molecule is CCCCCCCCCCC[C@H](O)[C@H](CCCCCCCCCC)C(=O)OC[C@H]1O[C@H](O[C@H]2O[C@H](CO)[C@@H](O)[C@H](O)[C@H]2O)[C@H](O)[C@@H](O)[C@@H]1O. The van der Waals surface area contributed by atoms with Crippen LogP contribution in [-0.4, -0.2) is 128 Å². The van der Waals surface area contributed by atoms with Crippen LogP contribution in [0.1, 0.15) is 136 Å². The summed E-state index contributed by atoms with van der Waals surface area (Å²) in [5.41, 5.74) is 0. The fourth-order valence-electron chi connectivity index (χ4n) is 6.58. The van der Waals surface area contributed by atoms with Crippen molar-refractivity contribution in [3.8, 4) is 0 Å². The molecule has 2 aliphatic rings. The summed E-state index contributed by atoms with van der Waals surface area (Å²) in [6.07, 6.45) is 2.51. The molecule has 0 aliphatic carbocycles. The van der Waals surface area contributed by atoms with Crippen molar-refractivity contribution in [2.24, 2.45) is 5.92 Å². The Kier molecular flexibility index (Phi) is 22.6. The average molecular weight is 709 g/mol. The summed E-state index contributed by atoms with van der Waals surface area (Å²) in [6, 6.07) is 0. The quantitative estimate of drug-likeness (QED) is 0.0480. The van der Waals surface area contributed by atoms with Crippen LogP contribution in [0.3, 0.4) is 0 Å². The lowest BCUT2D eigenvalue weighted by Gasteiger charge is -2.44. The third-order valence-corrected chi connectivity index (χ3v) is 9.91. The lowest BCUT2D eigenvalue weighted by molar-refractivity contribution is -0.376. The molecule has 0 spiro atoms. The van der Waals surface area contributed by atoms with Gasteiger partial charge in [0.25, 0.3) is 0 Å². The number of ether oxygens (including phenoxy) is 4. The number of hydrogen-bond donors (Lipinski definition) is 8. The monoisotopic (exact) mass is 708 g/mol. The summed E-state index contributed by atoms with van der Waals surface area (Å²) >= 11 is 0. The summed E-state index contributed by atoms with van der Waals surface area (Å²) in [7, 11) is 0. The molecule has 2 rings (SSSR count). The molecule has 0 aromatic heterocycles. The van der Waals surface area contributed by atoms with E-state index in [0.29, 0.717) is 12.8 Å². The van der Waals surface area contributed by atoms with Crippen LogP contribution in [0.2, 0.25) is 0 Å². The Morgan fingerprint density at radius 2 is 0.980 bits per heavy atom. The molecule has 0 unspecified atom stereocenters. The fraction of sp³-hybridized carbons (Fsp3) is 0.972. The Bertz CT molecular complexity index is 848. The van der Waals surface area contributed by atoms with E-state index in [1.54, 1.807) is 0 Å². The first kappa shape index (κ1) is 44.2. The minimum absolute atomic E-state index is 0.449. The van der Waals surface area contributed by atoms with E-state index < -0.39 is 92.6 Å². The Hall–Kier alpha value is -0.970. The van der Waals surface area contributed by atoms with E-state index in [0.717, 1.165) is 51.4 Å². The van der Waals surface area contributed by atoms with Gasteiger partial charge in [-0.1, -0.05) is 123 Å². The number of unbranched alkanes of at least 4 members (excludes halogenated alkanes) is 15. The number of hydrogen-bond acceptors (Lipinski definition) is 13. The molecule has 2 saturated heterocycles. The number of aliphatic hydroxyl groups excluding tert-OH is 8. The van der Waals surface area contributed by atoms with Crippen molar-refractivity contribution in [3.63, 3.8) is 0 Å². The molecule has 12 atom stereocenters. The zero-order valence-electron chi connectivity index (χ0n) is 29.9. The average Bonchev–Trinajstić information content (AvgIpc) is 3.09. The lowest BCUT2D eigenvalue weighted by Crippen LogP contribution is -2.63. The Balaban J connectivity index is 1.94. The third kappa shape index (κ3) is 15.3. The van der Waals surface area contributed by atoms with E-state index in [2.05, 4.69) is 13.8 Å². The largest absolute Gasteiger partial charge is 0.463 e. The van der Waals surface area contributed by atoms with Crippen molar-refractivity contribution in [1.29, 1.82) is 0 Å². The predicted octanol–water partition coefficient (Wildman–Crippen LogP) is 2.58. The molecule has 13 heteroatoms. The number of aliphatic hydroxyl groups is 8. The highest BCUT2D eigenvalue weighted by molar-refractivity contribution is 5.73. The minimum atomic E-state index is -1.82. The van der Waals surface area contributed by atoms with Gasteiger partial charge >= 0.3 is 5.97 Å². The second kappa shape index (κ2) is 25.1. The molecule has 0 bridgehead atoms. The van der Waals surface area contributed by atoms with Crippen molar-refractivity contribution in [2.75, 3.05) is 13.2 Å². The normalized spacial score (nSPS) is 31.8. The van der Waals surface area contributed by atoms with Crippen LogP contribution >= 0.6 is 0 Å². The molecule has 13 nitrogen and oxygen atoms in total. The zero-order valence-corrected chi connectivity index (χ0v) is 29.9. The smallest absolute Gasteiger partial charge is 0.311 e. The molecular formula is C36H68O13. The Labute approximate surface area is 292 Å². The Morgan fingerprint density at radius 1 is 0.571 bits per heavy atom. The van der Waals surface area contributed by atoms with E-state index in [4.69, 9.17) is 18.9 Å². The van der Waals surface area contributed by atoms with Crippen molar-refractivity contribution in [1.82, 2.24) is 0 Å². The van der Waals surface area contributed by atoms with Crippen LogP contribution in [0.5, 0.6) is 0 Å². The molecule has 0 aromatic rings. The van der Waals surface area contributed by atoms with Crippen LogP contribution in [0.4, 0.5) is 0 Å². The van der Waals surface area contributed by atoms with Crippen LogP contribution < -0.4 is 0 Å². The van der Waals surface area contributed by atoms with Crippen LogP contribution in [0.15, 0.2) is 0 Å². The molecule has 290 valence electrons. The van der Waals surface area contributed by atoms with Gasteiger partial charge in [-0.15, -0.1) is 0 Å². The number of carbonyl (C=O) groups is 1. The van der Waals surface area contributed by atoms with E-state index in [9.17, 15) is 45.6 Å². The van der Waals surface area contributed by atoms with E-state index in [1.165, 1.54) is 57.8 Å². The minimum Gasteiger partial charge on any atom is -0.463 e. The highest BCUT2D eigenvalue weighted by Gasteiger charge is 2.50. The summed E-state index contributed by atoms with van der Waals surface area (Å²) in [5.74, 6) is -1.42. The van der Waals surface area contributed by atoms with Crippen molar-refractivity contribution >= 4 is 5.97 Å². The second-order valence-electron chi connectivity index (χ2n) is 14.0. The van der Waals surface area contributed by atoms with Gasteiger partial charge in [0.2, 0.25) is 0 Å². The van der Waals surface area contributed by atoms with E-state index in [1.807, 2.05) is 0 Å². The van der Waals surface area contributed by atoms with Gasteiger partial charge in [-0.3, -0.25) is 4.79 Å². The van der Waals surface area contributed by atoms with Gasteiger partial charge in [-0.05, 0) is 12.8 Å². The first-order chi connectivity index (χ1) is 23.6. The van der Waals surface area contributed by atoms with Gasteiger partial charge in [0.05, 0.1) is 18.6 Å². The van der Waals surface area contributed by atoms with Crippen molar-refractivity contribution < 1.29 is 64.6 Å². The van der Waals surface area contributed by atoms with Crippen LogP contribution in [-0.2, 0) is 23.7 Å². The Morgan fingerprint density at radius 3 is 1.45 bits per heavy atom. The second-order valence-corrected chi connectivity index (χ2v) is 14.0. The molecule has 0 amide bonds. The molecular weight excluding hydrogens is 640 g/mol. The van der Waals surface area contributed by atoms with Crippen molar-refractivity contribution in [3.05, 3.63) is 0 Å². The highest BCUT2D eigenvalue weighted by Crippen LogP contribution is 2.29. The number of rotatable bonds is 26. The summed E-state index contributed by atoms with van der Waals surface area (Å²) < 4.78 is 21.9. The summed E-state index contributed by atoms with van der Waals surface area (Å²) in [4.78, 5) is 13.4. The van der Waals surface area contributed by atoms with Gasteiger partial charge < -0.3 is 59.8 Å². The van der Waals surface area contributed by atoms with Crippen LogP contribution in [0.25, 0.3) is 0 Å². The van der Waals surface area contributed by atoms with Gasteiger partial charge in [-0.25, -0.2) is 0 Å². The predicted molar refractivity (Wildman–Crippen MR) is 181 cm³/mol. The first-order valence-corrected chi connectivity index (χ1v) is 19.1. The molecule has 0 aromatic carbocycles. The molecule has 8 N–H and O–H groups in total. The van der Waals surface area contributed by atoms with E-state index >= 15 is 0 Å². The van der Waals surface area contributed by atoms with Gasteiger partial charge in [-0.2, -0.15) is 0 Å². The van der Waals surface area contributed by atoms with E-state index in [-0.39, 0.29) is 0 Å². The summed E-state index contributed by atoms with van der Waals surface area (Å²) in [5, 5.41) is 82.6. The standard InChI is InChI=1S/C36H68O13/c1-3-5-7-9-11-13-15-17-19-21-25(38)24(20-18-16-14-12-10-8-6-4-2)34(45)46-23-27-29(40)31(42)33(44)36(48-27)49-35-32(43)30(41)28(39)26(22-37)47-35/h24-33,35-44H,3-23H2,1-2H3/t24-,25-,26+,27+,28+,29+,30-,31-,32+,33+,35+,36+/m0/s1. The zero-order chi connectivity index (χ0) is 36.2. The number of esters is 1. The van der Waals surface area contributed by atoms with Gasteiger partial charge in [0.1, 0.15) is 55.4 Å². The lowest BCUT2D eigenvalue weighted by atomic mass is 9.91. The number of carbonyl (C=O) groups excluding carboxylic acids is 1. The maximum atomic E-state index is 13.4. The maximum Gasteiger partial charge on any atom is 0.311 e. The molecule has 0 saturated carbocycles. The topological polar surface area (TPSA) is 216 Å². The van der Waals surface area contributed by atoms with Crippen molar-refractivity contribution in [2.45, 2.75) is 203 Å². The first-order valence-electron chi connectivity index (χ1n) is 19.1. The molecule has 2 heterocycles. The highest BCUT2D eigenvalue weighted by atomic mass is 16.8. The van der Waals surface area contributed by atoms with Gasteiger partial charge in [0.15, 0.2) is 12.6 Å². The van der Waals surface area contributed by atoms with Gasteiger partial charge in [0, 0.05) is 0 Å². The third-order valence-electron chi connectivity index (χ3n) is 9.91. The molecule has 2 fully saturated rings.